The molecule has 1 amide bonds. The SMILES string of the molecule is CC1CCCC(NC(=O)c2ccc(Br)cc2N)C1. The summed E-state index contributed by atoms with van der Waals surface area (Å²) < 4.78 is 0.892. The number of amides is 1. The van der Waals surface area contributed by atoms with Crippen molar-refractivity contribution in [2.75, 3.05) is 5.73 Å². The van der Waals surface area contributed by atoms with Gasteiger partial charge >= 0.3 is 0 Å². The van der Waals surface area contributed by atoms with Crippen LogP contribution in [0.15, 0.2) is 22.7 Å². The molecule has 0 radical (unpaired) electrons. The molecule has 0 spiro atoms. The zero-order valence-corrected chi connectivity index (χ0v) is 12.2. The van der Waals surface area contributed by atoms with Crippen LogP contribution in [0.4, 0.5) is 5.69 Å². The third kappa shape index (κ3) is 3.25. The molecule has 0 saturated heterocycles. The number of carbonyl (C=O) groups excluding carboxylic acids is 1. The monoisotopic (exact) mass is 310 g/mol. The summed E-state index contributed by atoms with van der Waals surface area (Å²) in [6, 6.07) is 5.66. The van der Waals surface area contributed by atoms with Crippen molar-refractivity contribution in [2.24, 2.45) is 5.92 Å². The van der Waals surface area contributed by atoms with Gasteiger partial charge in [-0.3, -0.25) is 4.79 Å². The average Bonchev–Trinajstić information content (AvgIpc) is 2.28. The molecule has 3 N–H and O–H groups in total. The predicted molar refractivity (Wildman–Crippen MR) is 77.4 cm³/mol. The molecule has 3 nitrogen and oxygen atoms in total. The fourth-order valence-corrected chi connectivity index (χ4v) is 2.95. The molecule has 0 aromatic heterocycles. The van der Waals surface area contributed by atoms with Crippen LogP contribution in [-0.4, -0.2) is 11.9 Å². The second-order valence-electron chi connectivity index (χ2n) is 5.17. The zero-order valence-electron chi connectivity index (χ0n) is 10.6. The normalized spacial score (nSPS) is 23.7. The van der Waals surface area contributed by atoms with Crippen LogP contribution < -0.4 is 11.1 Å². The van der Waals surface area contributed by atoms with Gasteiger partial charge in [-0.05, 0) is 37.0 Å². The molecule has 4 heteroatoms. The molecular weight excluding hydrogens is 292 g/mol. The van der Waals surface area contributed by atoms with Crippen molar-refractivity contribution >= 4 is 27.5 Å². The van der Waals surface area contributed by atoms with Crippen LogP contribution >= 0.6 is 15.9 Å². The maximum atomic E-state index is 12.1. The summed E-state index contributed by atoms with van der Waals surface area (Å²) in [5.41, 5.74) is 6.95. The first kappa shape index (κ1) is 13.4. The van der Waals surface area contributed by atoms with Gasteiger partial charge in [-0.1, -0.05) is 35.7 Å². The van der Waals surface area contributed by atoms with E-state index in [1.165, 1.54) is 12.8 Å². The number of anilines is 1. The topological polar surface area (TPSA) is 55.1 Å². The molecule has 1 aromatic carbocycles. The van der Waals surface area contributed by atoms with E-state index in [0.717, 1.165) is 17.3 Å². The summed E-state index contributed by atoms with van der Waals surface area (Å²) in [6.45, 7) is 2.24. The van der Waals surface area contributed by atoms with Crippen LogP contribution in [0.1, 0.15) is 43.0 Å². The molecule has 2 atom stereocenters. The highest BCUT2D eigenvalue weighted by molar-refractivity contribution is 9.10. The molecule has 18 heavy (non-hydrogen) atoms. The highest BCUT2D eigenvalue weighted by Crippen LogP contribution is 2.24. The van der Waals surface area contributed by atoms with Crippen LogP contribution in [0.2, 0.25) is 0 Å². The Kier molecular flexibility index (Phi) is 4.27. The minimum atomic E-state index is -0.0564. The van der Waals surface area contributed by atoms with E-state index in [9.17, 15) is 4.79 Å². The van der Waals surface area contributed by atoms with Gasteiger partial charge in [0.2, 0.25) is 0 Å². The number of rotatable bonds is 2. The molecule has 0 bridgehead atoms. The van der Waals surface area contributed by atoms with Gasteiger partial charge in [-0.2, -0.15) is 0 Å². The summed E-state index contributed by atoms with van der Waals surface area (Å²) in [7, 11) is 0. The van der Waals surface area contributed by atoms with Crippen molar-refractivity contribution in [2.45, 2.75) is 38.6 Å². The van der Waals surface area contributed by atoms with Crippen molar-refractivity contribution in [1.82, 2.24) is 5.32 Å². The van der Waals surface area contributed by atoms with Crippen molar-refractivity contribution < 1.29 is 4.79 Å². The van der Waals surface area contributed by atoms with Gasteiger partial charge in [0, 0.05) is 16.2 Å². The van der Waals surface area contributed by atoms with E-state index in [1.807, 2.05) is 6.07 Å². The third-order valence-corrected chi connectivity index (χ3v) is 4.02. The van der Waals surface area contributed by atoms with Crippen LogP contribution in [-0.2, 0) is 0 Å². The number of benzene rings is 1. The molecule has 0 heterocycles. The number of halogens is 1. The lowest BCUT2D eigenvalue weighted by molar-refractivity contribution is 0.0922. The molecule has 0 aliphatic heterocycles. The van der Waals surface area contributed by atoms with Crippen LogP contribution in [0.25, 0.3) is 0 Å². The van der Waals surface area contributed by atoms with Gasteiger partial charge in [-0.25, -0.2) is 0 Å². The van der Waals surface area contributed by atoms with Crippen LogP contribution in [0.5, 0.6) is 0 Å². The van der Waals surface area contributed by atoms with E-state index in [2.05, 4.69) is 28.2 Å². The third-order valence-electron chi connectivity index (χ3n) is 3.53. The molecule has 1 aliphatic carbocycles. The number of hydrogen-bond donors (Lipinski definition) is 2. The highest BCUT2D eigenvalue weighted by Gasteiger charge is 2.21. The van der Waals surface area contributed by atoms with Crippen LogP contribution in [0.3, 0.4) is 0 Å². The zero-order chi connectivity index (χ0) is 13.1. The summed E-state index contributed by atoms with van der Waals surface area (Å²) >= 11 is 3.34. The number of hydrogen-bond acceptors (Lipinski definition) is 2. The van der Waals surface area contributed by atoms with Crippen LogP contribution in [0, 0.1) is 5.92 Å². The van der Waals surface area contributed by atoms with E-state index in [-0.39, 0.29) is 5.91 Å². The summed E-state index contributed by atoms with van der Waals surface area (Å²) in [5, 5.41) is 3.09. The minimum Gasteiger partial charge on any atom is -0.398 e. The molecular formula is C14H19BrN2O. The Hall–Kier alpha value is -1.03. The summed E-state index contributed by atoms with van der Waals surface area (Å²) in [6.07, 6.45) is 4.61. The average molecular weight is 311 g/mol. The first-order valence-corrected chi connectivity index (χ1v) is 7.21. The Morgan fingerprint density at radius 1 is 1.44 bits per heavy atom. The largest absolute Gasteiger partial charge is 0.398 e. The van der Waals surface area contributed by atoms with Gasteiger partial charge in [0.05, 0.1) is 5.56 Å². The molecule has 1 fully saturated rings. The fraction of sp³-hybridized carbons (Fsp3) is 0.500. The van der Waals surface area contributed by atoms with Crippen molar-refractivity contribution in [3.05, 3.63) is 28.2 Å². The minimum absolute atomic E-state index is 0.0564. The molecule has 1 aromatic rings. The molecule has 2 unspecified atom stereocenters. The lowest BCUT2D eigenvalue weighted by Gasteiger charge is -2.27. The van der Waals surface area contributed by atoms with E-state index in [0.29, 0.717) is 23.2 Å². The van der Waals surface area contributed by atoms with Crippen molar-refractivity contribution in [3.8, 4) is 0 Å². The highest BCUT2D eigenvalue weighted by atomic mass is 79.9. The van der Waals surface area contributed by atoms with Gasteiger partial charge in [-0.15, -0.1) is 0 Å². The molecule has 1 aliphatic rings. The number of nitrogens with one attached hydrogen (secondary N) is 1. The molecule has 2 rings (SSSR count). The standard InChI is InChI=1S/C14H19BrN2O/c1-9-3-2-4-11(7-9)17-14(18)12-6-5-10(15)8-13(12)16/h5-6,8-9,11H,2-4,7,16H2,1H3,(H,17,18). The lowest BCUT2D eigenvalue weighted by atomic mass is 9.87. The predicted octanol–water partition coefficient (Wildman–Crippen LogP) is 3.34. The maximum absolute atomic E-state index is 12.1. The second-order valence-corrected chi connectivity index (χ2v) is 6.09. The van der Waals surface area contributed by atoms with Crippen molar-refractivity contribution in [1.29, 1.82) is 0 Å². The lowest BCUT2D eigenvalue weighted by Crippen LogP contribution is -2.38. The molecule has 98 valence electrons. The number of nitrogen functional groups attached to an aromatic ring is 1. The Morgan fingerprint density at radius 3 is 2.89 bits per heavy atom. The quantitative estimate of drug-likeness (QED) is 0.823. The Morgan fingerprint density at radius 2 is 2.22 bits per heavy atom. The smallest absolute Gasteiger partial charge is 0.253 e. The van der Waals surface area contributed by atoms with Gasteiger partial charge in [0.15, 0.2) is 0 Å². The Labute approximate surface area is 116 Å². The number of carbonyl (C=O) groups is 1. The van der Waals surface area contributed by atoms with E-state index in [4.69, 9.17) is 5.73 Å². The van der Waals surface area contributed by atoms with Gasteiger partial charge in [0.1, 0.15) is 0 Å². The van der Waals surface area contributed by atoms with Gasteiger partial charge in [0.25, 0.3) is 5.91 Å². The maximum Gasteiger partial charge on any atom is 0.253 e. The summed E-state index contributed by atoms with van der Waals surface area (Å²) in [4.78, 5) is 12.1. The van der Waals surface area contributed by atoms with E-state index in [1.54, 1.807) is 12.1 Å². The first-order valence-electron chi connectivity index (χ1n) is 6.42. The fourth-order valence-electron chi connectivity index (χ4n) is 2.57. The summed E-state index contributed by atoms with van der Waals surface area (Å²) in [5.74, 6) is 0.644. The van der Waals surface area contributed by atoms with E-state index < -0.39 is 0 Å². The Balaban J connectivity index is 2.03. The second kappa shape index (κ2) is 5.74. The van der Waals surface area contributed by atoms with Gasteiger partial charge < -0.3 is 11.1 Å². The first-order chi connectivity index (χ1) is 8.56. The number of nitrogens with two attached hydrogens (primary N) is 1. The van der Waals surface area contributed by atoms with Crippen molar-refractivity contribution in [3.63, 3.8) is 0 Å². The Bertz CT molecular complexity index is 447. The molecule has 1 saturated carbocycles. The van der Waals surface area contributed by atoms with E-state index >= 15 is 0 Å².